The van der Waals surface area contributed by atoms with E-state index in [2.05, 4.69) is 33.6 Å². The van der Waals surface area contributed by atoms with Crippen LogP contribution < -0.4 is 10.6 Å². The third-order valence-electron chi connectivity index (χ3n) is 6.96. The molecule has 2 fully saturated rings. The van der Waals surface area contributed by atoms with Crippen LogP contribution in [0.4, 0.5) is 10.1 Å². The number of rotatable bonds is 10. The number of hydrogen-bond donors (Lipinski definition) is 2. The Morgan fingerprint density at radius 3 is 2.70 bits per heavy atom. The highest BCUT2D eigenvalue weighted by molar-refractivity contribution is 5.67. The molecule has 0 aromatic carbocycles. The van der Waals surface area contributed by atoms with Crippen molar-refractivity contribution in [1.29, 1.82) is 5.26 Å². The Hall–Kier alpha value is -2.56. The molecule has 2 heterocycles. The van der Waals surface area contributed by atoms with E-state index in [0.29, 0.717) is 30.1 Å². The molecule has 0 aliphatic heterocycles. The van der Waals surface area contributed by atoms with E-state index >= 15 is 0 Å². The molecule has 0 saturated heterocycles. The summed E-state index contributed by atoms with van der Waals surface area (Å²) in [7, 11) is 1.74. The van der Waals surface area contributed by atoms with Crippen LogP contribution in [0.15, 0.2) is 30.7 Å². The summed E-state index contributed by atoms with van der Waals surface area (Å²) in [6, 6.07) is 7.07. The van der Waals surface area contributed by atoms with Gasteiger partial charge in [0.2, 0.25) is 0 Å². The minimum absolute atomic E-state index is 0.249. The van der Waals surface area contributed by atoms with Crippen molar-refractivity contribution in [3.63, 3.8) is 0 Å². The van der Waals surface area contributed by atoms with Gasteiger partial charge in [0, 0.05) is 55.0 Å². The zero-order valence-corrected chi connectivity index (χ0v) is 19.6. The van der Waals surface area contributed by atoms with Crippen LogP contribution in [-0.2, 0) is 11.2 Å². The standard InChI is InChI=1S/C26H34FN5O/c1-18(15-33-2)32-21-5-3-19(4-6-21)9-22-11-24(25(27)14-30-22)20-10-23(13-29-12-20)31-17-26(16-28)7-8-26/h10-14,18-19,21,31-32H,3-9,15,17H2,1-2H3/t18-,19?,21?/m0/s1. The van der Waals surface area contributed by atoms with E-state index in [9.17, 15) is 9.65 Å². The molecule has 6 nitrogen and oxygen atoms in total. The molecule has 0 unspecified atom stereocenters. The highest BCUT2D eigenvalue weighted by Gasteiger charge is 2.42. The second-order valence-corrected chi connectivity index (χ2v) is 9.81. The van der Waals surface area contributed by atoms with Crippen LogP contribution in [0.3, 0.4) is 0 Å². The average Bonchev–Trinajstić information content (AvgIpc) is 3.61. The van der Waals surface area contributed by atoms with E-state index in [0.717, 1.165) is 68.5 Å². The second kappa shape index (κ2) is 10.6. The van der Waals surface area contributed by atoms with Gasteiger partial charge in [0.25, 0.3) is 0 Å². The van der Waals surface area contributed by atoms with Crippen LogP contribution in [0, 0.1) is 28.5 Å². The van der Waals surface area contributed by atoms with Crippen LogP contribution in [0.5, 0.6) is 0 Å². The molecular formula is C26H34FN5O. The van der Waals surface area contributed by atoms with Crippen molar-refractivity contribution in [2.45, 2.75) is 64.0 Å². The molecule has 0 bridgehead atoms. The lowest BCUT2D eigenvalue weighted by Gasteiger charge is -2.31. The predicted octanol–water partition coefficient (Wildman–Crippen LogP) is 4.72. The summed E-state index contributed by atoms with van der Waals surface area (Å²) < 4.78 is 19.9. The van der Waals surface area contributed by atoms with Gasteiger partial charge >= 0.3 is 0 Å². The summed E-state index contributed by atoms with van der Waals surface area (Å²) in [4.78, 5) is 8.67. The molecule has 2 aliphatic rings. The Bertz CT molecular complexity index is 979. The van der Waals surface area contributed by atoms with Gasteiger partial charge in [-0.2, -0.15) is 5.26 Å². The van der Waals surface area contributed by atoms with Crippen LogP contribution in [0.1, 0.15) is 51.1 Å². The summed E-state index contributed by atoms with van der Waals surface area (Å²) in [5.74, 6) is 0.229. The van der Waals surface area contributed by atoms with Crippen LogP contribution >= 0.6 is 0 Å². The van der Waals surface area contributed by atoms with Gasteiger partial charge < -0.3 is 15.4 Å². The van der Waals surface area contributed by atoms with Crippen molar-refractivity contribution in [2.75, 3.05) is 25.6 Å². The van der Waals surface area contributed by atoms with Gasteiger partial charge in [-0.15, -0.1) is 0 Å². The lowest BCUT2D eigenvalue weighted by molar-refractivity contribution is 0.158. The zero-order valence-electron chi connectivity index (χ0n) is 19.6. The lowest BCUT2D eigenvalue weighted by Crippen LogP contribution is -2.41. The molecule has 2 aromatic heterocycles. The fraction of sp³-hybridized carbons (Fsp3) is 0.577. The van der Waals surface area contributed by atoms with Gasteiger partial charge in [0.1, 0.15) is 5.82 Å². The summed E-state index contributed by atoms with van der Waals surface area (Å²) >= 11 is 0. The monoisotopic (exact) mass is 451 g/mol. The first-order valence-electron chi connectivity index (χ1n) is 12.0. The van der Waals surface area contributed by atoms with E-state index in [1.165, 1.54) is 6.20 Å². The van der Waals surface area contributed by atoms with E-state index in [4.69, 9.17) is 4.74 Å². The zero-order chi connectivity index (χ0) is 23.3. The number of methoxy groups -OCH3 is 1. The Morgan fingerprint density at radius 1 is 1.21 bits per heavy atom. The van der Waals surface area contributed by atoms with E-state index in [-0.39, 0.29) is 11.2 Å². The molecular weight excluding hydrogens is 417 g/mol. The number of ether oxygens (including phenoxy) is 1. The van der Waals surface area contributed by atoms with Crippen molar-refractivity contribution in [3.05, 3.63) is 42.2 Å². The maximum atomic E-state index is 14.7. The minimum atomic E-state index is -0.339. The summed E-state index contributed by atoms with van der Waals surface area (Å²) in [5.41, 5.74) is 2.74. The Balaban J connectivity index is 1.37. The van der Waals surface area contributed by atoms with Gasteiger partial charge in [0.15, 0.2) is 0 Å². The molecule has 0 amide bonds. The number of hydrogen-bond acceptors (Lipinski definition) is 6. The SMILES string of the molecule is COC[C@H](C)NC1CCC(Cc2cc(-c3cncc(NCC4(C#N)CC4)c3)c(F)cn2)CC1. The molecule has 2 saturated carbocycles. The number of pyridine rings is 2. The van der Waals surface area contributed by atoms with Gasteiger partial charge in [-0.3, -0.25) is 9.97 Å². The molecule has 33 heavy (non-hydrogen) atoms. The number of nitriles is 1. The smallest absolute Gasteiger partial charge is 0.149 e. The number of nitrogens with zero attached hydrogens (tertiary/aromatic N) is 3. The van der Waals surface area contributed by atoms with Crippen LogP contribution in [0.25, 0.3) is 11.1 Å². The summed E-state index contributed by atoms with van der Waals surface area (Å²) in [6.45, 7) is 3.49. The molecule has 0 spiro atoms. The van der Waals surface area contributed by atoms with Crippen LogP contribution in [-0.4, -0.2) is 42.3 Å². The third-order valence-corrected chi connectivity index (χ3v) is 6.96. The molecule has 2 aliphatic carbocycles. The van der Waals surface area contributed by atoms with Crippen molar-refractivity contribution in [1.82, 2.24) is 15.3 Å². The molecule has 1 atom stereocenters. The Kier molecular flexibility index (Phi) is 7.56. The molecule has 2 N–H and O–H groups in total. The molecule has 0 radical (unpaired) electrons. The van der Waals surface area contributed by atoms with Gasteiger partial charge in [-0.1, -0.05) is 0 Å². The van der Waals surface area contributed by atoms with E-state index < -0.39 is 0 Å². The number of aromatic nitrogens is 2. The molecule has 7 heteroatoms. The Morgan fingerprint density at radius 2 is 2.00 bits per heavy atom. The summed E-state index contributed by atoms with van der Waals surface area (Å²) in [5, 5.41) is 16.2. The van der Waals surface area contributed by atoms with Crippen molar-refractivity contribution < 1.29 is 9.13 Å². The highest BCUT2D eigenvalue weighted by atomic mass is 19.1. The van der Waals surface area contributed by atoms with Gasteiger partial charge in [0.05, 0.1) is 30.0 Å². The summed E-state index contributed by atoms with van der Waals surface area (Å²) in [6.07, 6.45) is 12.0. The third kappa shape index (κ3) is 6.27. The lowest BCUT2D eigenvalue weighted by atomic mass is 9.83. The number of anilines is 1. The topological polar surface area (TPSA) is 82.9 Å². The first kappa shape index (κ1) is 23.6. The first-order valence-corrected chi connectivity index (χ1v) is 12.0. The fourth-order valence-electron chi connectivity index (χ4n) is 4.78. The molecule has 2 aromatic rings. The first-order chi connectivity index (χ1) is 16.0. The van der Waals surface area contributed by atoms with E-state index in [1.54, 1.807) is 19.5 Å². The minimum Gasteiger partial charge on any atom is -0.383 e. The molecule has 4 rings (SSSR count). The normalized spacial score (nSPS) is 22.4. The maximum absolute atomic E-state index is 14.7. The largest absolute Gasteiger partial charge is 0.383 e. The molecule has 176 valence electrons. The van der Waals surface area contributed by atoms with Crippen LogP contribution in [0.2, 0.25) is 0 Å². The number of halogens is 1. The van der Waals surface area contributed by atoms with E-state index in [1.807, 2.05) is 12.1 Å². The van der Waals surface area contributed by atoms with Crippen molar-refractivity contribution in [3.8, 4) is 17.2 Å². The van der Waals surface area contributed by atoms with Crippen molar-refractivity contribution in [2.24, 2.45) is 11.3 Å². The second-order valence-electron chi connectivity index (χ2n) is 9.81. The van der Waals surface area contributed by atoms with Gasteiger partial charge in [-0.05, 0) is 69.9 Å². The Labute approximate surface area is 196 Å². The average molecular weight is 452 g/mol. The maximum Gasteiger partial charge on any atom is 0.149 e. The van der Waals surface area contributed by atoms with Gasteiger partial charge in [-0.25, -0.2) is 4.39 Å². The predicted molar refractivity (Wildman–Crippen MR) is 127 cm³/mol. The van der Waals surface area contributed by atoms with Crippen molar-refractivity contribution >= 4 is 5.69 Å². The quantitative estimate of drug-likeness (QED) is 0.544. The number of nitrogens with one attached hydrogen (secondary N) is 2. The fourth-order valence-corrected chi connectivity index (χ4v) is 4.78. The highest BCUT2D eigenvalue weighted by Crippen LogP contribution is 2.44.